The van der Waals surface area contributed by atoms with Crippen molar-refractivity contribution >= 4 is 46.7 Å². The Morgan fingerprint density at radius 1 is 1.26 bits per heavy atom. The minimum Gasteiger partial charge on any atom is -0.355 e. The van der Waals surface area contributed by atoms with Gasteiger partial charge >= 0.3 is 0 Å². The zero-order valence-corrected chi connectivity index (χ0v) is 21.8. The first-order valence-corrected chi connectivity index (χ1v) is 13.6. The number of anilines is 1. The van der Waals surface area contributed by atoms with Gasteiger partial charge in [-0.1, -0.05) is 18.2 Å². The molecule has 1 spiro atoms. The Bertz CT molecular complexity index is 1420. The van der Waals surface area contributed by atoms with E-state index in [1.165, 1.54) is 30.0 Å². The van der Waals surface area contributed by atoms with Crippen molar-refractivity contribution < 1.29 is 23.5 Å². The molecule has 8 nitrogen and oxygen atoms in total. The van der Waals surface area contributed by atoms with Gasteiger partial charge in [0.1, 0.15) is 23.0 Å². The molecule has 6 rings (SSSR count). The summed E-state index contributed by atoms with van der Waals surface area (Å²) >= 11 is 8.26. The molecule has 2 aromatic carbocycles. The van der Waals surface area contributed by atoms with Crippen LogP contribution in [0.1, 0.15) is 12.0 Å². The van der Waals surface area contributed by atoms with Crippen molar-refractivity contribution in [2.45, 2.75) is 23.2 Å². The van der Waals surface area contributed by atoms with Gasteiger partial charge in [-0.25, -0.2) is 13.8 Å². The summed E-state index contributed by atoms with van der Waals surface area (Å²) in [6.07, 6.45) is 0.440. The topological polar surface area (TPSA) is 88.5 Å². The summed E-state index contributed by atoms with van der Waals surface area (Å²) in [7, 11) is 0. The van der Waals surface area contributed by atoms with E-state index in [4.69, 9.17) is 11.6 Å². The Labute approximate surface area is 226 Å². The molecule has 2 amide bonds. The van der Waals surface area contributed by atoms with E-state index in [2.05, 4.69) is 16.9 Å². The molecule has 4 aliphatic rings. The number of rotatable bonds is 2. The molecule has 2 N–H and O–H groups in total. The number of nitrogens with zero attached hydrogens (tertiary/aromatic N) is 4. The smallest absolute Gasteiger partial charge is 0.247 e. The molecule has 0 aliphatic carbocycles. The summed E-state index contributed by atoms with van der Waals surface area (Å²) in [5.41, 5.74) is 0.811. The summed E-state index contributed by atoms with van der Waals surface area (Å²) in [6.45, 7) is 5.34. The molecule has 4 aliphatic heterocycles. The molecule has 2 aromatic rings. The maximum Gasteiger partial charge on any atom is 0.247 e. The molecule has 0 bridgehead atoms. The average Bonchev–Trinajstić information content (AvgIpc) is 3.25. The number of amidine groups is 1. The van der Waals surface area contributed by atoms with Gasteiger partial charge in [0.15, 0.2) is 0 Å². The number of aliphatic hydroxyl groups is 1. The molecule has 198 valence electrons. The number of aliphatic hydroxyl groups excluding tert-OH is 1. The monoisotopic (exact) mass is 559 g/mol. The van der Waals surface area contributed by atoms with E-state index >= 15 is 0 Å². The zero-order valence-electron chi connectivity index (χ0n) is 20.2. The van der Waals surface area contributed by atoms with Gasteiger partial charge in [0.05, 0.1) is 17.3 Å². The van der Waals surface area contributed by atoms with Crippen molar-refractivity contribution in [1.29, 1.82) is 0 Å². The van der Waals surface area contributed by atoms with Gasteiger partial charge in [-0.15, -0.1) is 11.8 Å². The summed E-state index contributed by atoms with van der Waals surface area (Å²) < 4.78 is 28.5. The zero-order chi connectivity index (χ0) is 26.8. The minimum atomic E-state index is -1.20. The first-order valence-electron chi connectivity index (χ1n) is 12.2. The van der Waals surface area contributed by atoms with Crippen LogP contribution < -0.4 is 10.2 Å². The number of aliphatic imine (C=N–C) groups is 1. The molecule has 2 fully saturated rings. The molecule has 0 radical (unpaired) electrons. The Kier molecular flexibility index (Phi) is 6.12. The third kappa shape index (κ3) is 3.70. The summed E-state index contributed by atoms with van der Waals surface area (Å²) in [5, 5.41) is 14.2. The van der Waals surface area contributed by atoms with Crippen LogP contribution in [0.4, 0.5) is 14.5 Å². The number of carbonyl (C=O) groups is 2. The summed E-state index contributed by atoms with van der Waals surface area (Å²) in [6, 6.07) is 5.05. The second-order valence-corrected chi connectivity index (χ2v) is 11.1. The number of benzene rings is 2. The highest BCUT2D eigenvalue weighted by Crippen LogP contribution is 2.50. The predicted molar refractivity (Wildman–Crippen MR) is 141 cm³/mol. The molecule has 12 heteroatoms. The fourth-order valence-electron chi connectivity index (χ4n) is 5.84. The van der Waals surface area contributed by atoms with Crippen molar-refractivity contribution in [3.8, 4) is 11.1 Å². The molecule has 0 saturated carbocycles. The molecule has 0 aromatic heterocycles. The lowest BCUT2D eigenvalue weighted by molar-refractivity contribution is -0.145. The number of piperazine rings is 1. The number of hydrogen-bond donors (Lipinski definition) is 2. The highest BCUT2D eigenvalue weighted by atomic mass is 35.5. The highest BCUT2D eigenvalue weighted by Gasteiger charge is 2.53. The van der Waals surface area contributed by atoms with Crippen LogP contribution in [0, 0.1) is 11.6 Å². The summed E-state index contributed by atoms with van der Waals surface area (Å²) in [4.78, 5) is 36.2. The quantitative estimate of drug-likeness (QED) is 0.550. The number of amides is 2. The van der Waals surface area contributed by atoms with Gasteiger partial charge in [0.2, 0.25) is 18.2 Å². The maximum absolute atomic E-state index is 14.9. The fraction of sp³-hybridized carbons (Fsp3) is 0.346. The van der Waals surface area contributed by atoms with Crippen LogP contribution in [0.5, 0.6) is 0 Å². The third-order valence-corrected chi connectivity index (χ3v) is 8.95. The standard InChI is InChI=1S/C26H24ClF2N5O3S/c1-2-19(35)34-8-7-32(13-26(34)5-6-30-24(26)36)23-16-12-17(27)20(15-4-3-14(28)11-18(15)29)22-21(16)33(9-10-38-22)25(37)31-23/h2-4,11-12,25,37H,1,5-10,13H2,(H,30,36). The Balaban J connectivity index is 1.47. The van der Waals surface area contributed by atoms with Crippen LogP contribution in [0.25, 0.3) is 11.1 Å². The number of nitrogens with one attached hydrogen (secondary N) is 1. The fourth-order valence-corrected chi connectivity index (χ4v) is 7.42. The van der Waals surface area contributed by atoms with E-state index in [9.17, 15) is 23.5 Å². The number of thioether (sulfide) groups is 1. The number of hydrogen-bond acceptors (Lipinski definition) is 7. The van der Waals surface area contributed by atoms with Crippen molar-refractivity contribution in [2.75, 3.05) is 43.4 Å². The normalized spacial score (nSPS) is 24.3. The minimum absolute atomic E-state index is 0.167. The van der Waals surface area contributed by atoms with Crippen molar-refractivity contribution in [1.82, 2.24) is 15.1 Å². The molecule has 38 heavy (non-hydrogen) atoms. The molecule has 2 saturated heterocycles. The third-order valence-electron chi connectivity index (χ3n) is 7.58. The van der Waals surface area contributed by atoms with Gasteiger partial charge in [-0.2, -0.15) is 0 Å². The van der Waals surface area contributed by atoms with Crippen LogP contribution in [0.2, 0.25) is 5.02 Å². The molecular formula is C26H24ClF2N5O3S. The van der Waals surface area contributed by atoms with Gasteiger partial charge in [0.25, 0.3) is 0 Å². The van der Waals surface area contributed by atoms with E-state index in [-0.39, 0.29) is 35.5 Å². The van der Waals surface area contributed by atoms with Crippen molar-refractivity contribution in [3.63, 3.8) is 0 Å². The first kappa shape index (κ1) is 25.1. The van der Waals surface area contributed by atoms with E-state index in [0.717, 1.165) is 6.07 Å². The summed E-state index contributed by atoms with van der Waals surface area (Å²) in [5.74, 6) is -0.925. The highest BCUT2D eigenvalue weighted by molar-refractivity contribution is 7.99. The van der Waals surface area contributed by atoms with E-state index in [1.807, 2.05) is 4.90 Å². The molecule has 4 heterocycles. The van der Waals surface area contributed by atoms with Crippen LogP contribution in [0.15, 0.2) is 46.8 Å². The van der Waals surface area contributed by atoms with E-state index < -0.39 is 23.5 Å². The van der Waals surface area contributed by atoms with Crippen LogP contribution in [-0.2, 0) is 9.59 Å². The molecular weight excluding hydrogens is 536 g/mol. The second kappa shape index (κ2) is 9.25. The lowest BCUT2D eigenvalue weighted by atomic mass is 9.90. The Morgan fingerprint density at radius 3 is 2.79 bits per heavy atom. The predicted octanol–water partition coefficient (Wildman–Crippen LogP) is 2.82. The van der Waals surface area contributed by atoms with Gasteiger partial charge in [-0.3, -0.25) is 9.59 Å². The SMILES string of the molecule is C=CC(=O)N1CCN(C2=NC(O)N3CCSc4c(-c5ccc(F)cc5F)c(Cl)cc2c43)CC12CCNC2=O. The Hall–Kier alpha value is -3.15. The van der Waals surface area contributed by atoms with Crippen LogP contribution in [0.3, 0.4) is 0 Å². The first-order chi connectivity index (χ1) is 18.2. The van der Waals surface area contributed by atoms with Crippen LogP contribution >= 0.6 is 23.4 Å². The second-order valence-electron chi connectivity index (χ2n) is 9.58. The molecule has 2 atom stereocenters. The van der Waals surface area contributed by atoms with Crippen molar-refractivity contribution in [2.24, 2.45) is 4.99 Å². The van der Waals surface area contributed by atoms with Gasteiger partial charge in [-0.05, 0) is 30.7 Å². The van der Waals surface area contributed by atoms with Crippen molar-refractivity contribution in [3.05, 3.63) is 59.1 Å². The molecule has 2 unspecified atom stereocenters. The van der Waals surface area contributed by atoms with Crippen LogP contribution in [-0.4, -0.2) is 82.9 Å². The maximum atomic E-state index is 14.9. The van der Waals surface area contributed by atoms with E-state index in [0.29, 0.717) is 59.4 Å². The number of halogens is 3. The lowest BCUT2D eigenvalue weighted by Crippen LogP contribution is -2.67. The van der Waals surface area contributed by atoms with Gasteiger partial charge in [0, 0.05) is 59.6 Å². The Morgan fingerprint density at radius 2 is 2.08 bits per heavy atom. The van der Waals surface area contributed by atoms with Gasteiger partial charge < -0.3 is 25.1 Å². The average molecular weight is 560 g/mol. The van der Waals surface area contributed by atoms with E-state index in [1.54, 1.807) is 15.9 Å². The largest absolute Gasteiger partial charge is 0.355 e. The lowest BCUT2D eigenvalue weighted by Gasteiger charge is -2.49. The number of carbonyl (C=O) groups excluding carboxylic acids is 2.